The van der Waals surface area contributed by atoms with Crippen molar-refractivity contribution in [1.29, 1.82) is 0 Å². The molecular formula is C15H29N3O3. The van der Waals surface area contributed by atoms with Crippen molar-refractivity contribution in [3.63, 3.8) is 0 Å². The number of hydrogen-bond donors (Lipinski definition) is 2. The largest absolute Gasteiger partial charge is 0.481 e. The first-order valence-corrected chi connectivity index (χ1v) is 7.76. The third kappa shape index (κ3) is 5.91. The molecule has 1 atom stereocenters. The van der Waals surface area contributed by atoms with Crippen LogP contribution >= 0.6 is 0 Å². The van der Waals surface area contributed by atoms with E-state index in [0.29, 0.717) is 0 Å². The minimum Gasteiger partial charge on any atom is -0.481 e. The molecule has 0 aliphatic carbocycles. The van der Waals surface area contributed by atoms with E-state index >= 15 is 0 Å². The van der Waals surface area contributed by atoms with Crippen molar-refractivity contribution in [3.8, 4) is 0 Å². The number of nitrogens with zero attached hydrogens (tertiary/aromatic N) is 2. The van der Waals surface area contributed by atoms with E-state index in [4.69, 9.17) is 5.11 Å². The molecule has 1 aliphatic heterocycles. The van der Waals surface area contributed by atoms with Crippen LogP contribution in [-0.4, -0.2) is 64.7 Å². The Balaban J connectivity index is 2.61. The van der Waals surface area contributed by atoms with E-state index in [0.717, 1.165) is 32.5 Å². The summed E-state index contributed by atoms with van der Waals surface area (Å²) in [5, 5.41) is 11.9. The van der Waals surface area contributed by atoms with E-state index < -0.39 is 11.5 Å². The van der Waals surface area contributed by atoms with Gasteiger partial charge >= 0.3 is 12.0 Å². The van der Waals surface area contributed by atoms with Gasteiger partial charge in [-0.05, 0) is 46.7 Å². The molecule has 1 unspecified atom stereocenters. The van der Waals surface area contributed by atoms with Gasteiger partial charge in [-0.1, -0.05) is 6.92 Å². The number of rotatable bonds is 5. The zero-order valence-corrected chi connectivity index (χ0v) is 13.7. The van der Waals surface area contributed by atoms with Gasteiger partial charge in [0.05, 0.1) is 6.42 Å². The zero-order valence-electron chi connectivity index (χ0n) is 13.7. The molecule has 1 rings (SSSR count). The Morgan fingerprint density at radius 1 is 1.38 bits per heavy atom. The normalized spacial score (nSPS) is 20.1. The maximum Gasteiger partial charge on any atom is 0.318 e. The molecule has 0 radical (unpaired) electrons. The van der Waals surface area contributed by atoms with E-state index in [1.165, 1.54) is 0 Å². The predicted octanol–water partition coefficient (Wildman–Crippen LogP) is 1.76. The van der Waals surface area contributed by atoms with E-state index in [1.54, 1.807) is 4.90 Å². The quantitative estimate of drug-likeness (QED) is 0.811. The molecule has 0 bridgehead atoms. The second kappa shape index (κ2) is 7.64. The summed E-state index contributed by atoms with van der Waals surface area (Å²) in [7, 11) is 0. The van der Waals surface area contributed by atoms with Crippen LogP contribution in [0.1, 0.15) is 47.0 Å². The van der Waals surface area contributed by atoms with Crippen molar-refractivity contribution < 1.29 is 14.7 Å². The molecule has 0 aromatic rings. The predicted molar refractivity (Wildman–Crippen MR) is 82.4 cm³/mol. The first-order valence-electron chi connectivity index (χ1n) is 7.76. The Labute approximate surface area is 127 Å². The number of carbonyl (C=O) groups is 2. The number of urea groups is 1. The smallest absolute Gasteiger partial charge is 0.318 e. The summed E-state index contributed by atoms with van der Waals surface area (Å²) >= 11 is 0. The molecule has 6 nitrogen and oxygen atoms in total. The minimum absolute atomic E-state index is 0.0313. The number of amides is 2. The van der Waals surface area contributed by atoms with E-state index in [2.05, 4.69) is 17.1 Å². The number of piperidine rings is 1. The van der Waals surface area contributed by atoms with Crippen LogP contribution in [0, 0.1) is 0 Å². The molecule has 2 N–H and O–H groups in total. The molecule has 1 fully saturated rings. The highest BCUT2D eigenvalue weighted by Gasteiger charge is 2.29. The number of hydrogen-bond acceptors (Lipinski definition) is 3. The van der Waals surface area contributed by atoms with Gasteiger partial charge in [0, 0.05) is 24.7 Å². The Hall–Kier alpha value is -1.30. The van der Waals surface area contributed by atoms with Gasteiger partial charge in [0.25, 0.3) is 0 Å². The summed E-state index contributed by atoms with van der Waals surface area (Å²) in [5.74, 6) is -0.883. The van der Waals surface area contributed by atoms with Gasteiger partial charge < -0.3 is 20.2 Å². The van der Waals surface area contributed by atoms with Crippen molar-refractivity contribution in [2.75, 3.05) is 26.2 Å². The molecule has 122 valence electrons. The lowest BCUT2D eigenvalue weighted by atomic mass is 10.0. The molecule has 0 aromatic heterocycles. The number of nitrogens with one attached hydrogen (secondary N) is 1. The van der Waals surface area contributed by atoms with Gasteiger partial charge in [0.15, 0.2) is 0 Å². The Morgan fingerprint density at radius 2 is 2.05 bits per heavy atom. The SMILES string of the molecule is CCN1CCCC(NC(=O)N(CCC(=O)O)C(C)(C)C)C1. The molecule has 21 heavy (non-hydrogen) atoms. The molecular weight excluding hydrogens is 270 g/mol. The number of carbonyl (C=O) groups excluding carboxylic acids is 1. The molecule has 1 aliphatic rings. The monoisotopic (exact) mass is 299 g/mol. The summed E-state index contributed by atoms with van der Waals surface area (Å²) in [4.78, 5) is 27.2. The topological polar surface area (TPSA) is 72.9 Å². The maximum atomic E-state index is 12.5. The fourth-order valence-corrected chi connectivity index (χ4v) is 2.66. The van der Waals surface area contributed by atoms with Crippen LogP contribution in [0.15, 0.2) is 0 Å². The summed E-state index contributed by atoms with van der Waals surface area (Å²) in [6.45, 7) is 11.1. The molecule has 1 heterocycles. The molecule has 0 aromatic carbocycles. The van der Waals surface area contributed by atoms with Gasteiger partial charge in [0.1, 0.15) is 0 Å². The maximum absolute atomic E-state index is 12.5. The van der Waals surface area contributed by atoms with Crippen LogP contribution in [-0.2, 0) is 4.79 Å². The highest BCUT2D eigenvalue weighted by atomic mass is 16.4. The van der Waals surface area contributed by atoms with Crippen LogP contribution in [0.3, 0.4) is 0 Å². The second-order valence-electron chi connectivity index (χ2n) is 6.65. The number of likely N-dealkylation sites (tertiary alicyclic amines) is 1. The zero-order chi connectivity index (χ0) is 16.0. The average molecular weight is 299 g/mol. The lowest BCUT2D eigenvalue weighted by Gasteiger charge is -2.38. The third-order valence-electron chi connectivity index (χ3n) is 3.88. The fourth-order valence-electron chi connectivity index (χ4n) is 2.66. The number of carboxylic acid groups (broad SMARTS) is 1. The van der Waals surface area contributed by atoms with Crippen LogP contribution in [0.25, 0.3) is 0 Å². The minimum atomic E-state index is -0.883. The second-order valence-corrected chi connectivity index (χ2v) is 6.65. The molecule has 0 saturated carbocycles. The average Bonchev–Trinajstić information content (AvgIpc) is 2.37. The van der Waals surface area contributed by atoms with Crippen LogP contribution in [0.2, 0.25) is 0 Å². The lowest BCUT2D eigenvalue weighted by Crippen LogP contribution is -2.56. The highest BCUT2D eigenvalue weighted by molar-refractivity contribution is 5.76. The summed E-state index contributed by atoms with van der Waals surface area (Å²) in [6, 6.07) is -0.00687. The Morgan fingerprint density at radius 3 is 2.57 bits per heavy atom. The first-order chi connectivity index (χ1) is 9.74. The van der Waals surface area contributed by atoms with Crippen LogP contribution in [0.4, 0.5) is 4.79 Å². The summed E-state index contributed by atoms with van der Waals surface area (Å²) < 4.78 is 0. The highest BCUT2D eigenvalue weighted by Crippen LogP contribution is 2.16. The fraction of sp³-hybridized carbons (Fsp3) is 0.867. The number of carboxylic acids is 1. The molecule has 6 heteroatoms. The van der Waals surface area contributed by atoms with Crippen molar-refractivity contribution in [3.05, 3.63) is 0 Å². The summed E-state index contributed by atoms with van der Waals surface area (Å²) in [5.41, 5.74) is -0.390. The Kier molecular flexibility index (Phi) is 6.45. The van der Waals surface area contributed by atoms with Gasteiger partial charge in [0.2, 0.25) is 0 Å². The third-order valence-corrected chi connectivity index (χ3v) is 3.88. The van der Waals surface area contributed by atoms with Gasteiger partial charge in [-0.15, -0.1) is 0 Å². The number of aliphatic carboxylic acids is 1. The van der Waals surface area contributed by atoms with Crippen LogP contribution in [0.5, 0.6) is 0 Å². The van der Waals surface area contributed by atoms with Crippen molar-refractivity contribution in [2.45, 2.75) is 58.5 Å². The first kappa shape index (κ1) is 17.8. The van der Waals surface area contributed by atoms with Crippen LogP contribution < -0.4 is 5.32 Å². The van der Waals surface area contributed by atoms with Crippen molar-refractivity contribution >= 4 is 12.0 Å². The molecule has 2 amide bonds. The van der Waals surface area contributed by atoms with E-state index in [-0.39, 0.29) is 25.0 Å². The lowest BCUT2D eigenvalue weighted by molar-refractivity contribution is -0.137. The van der Waals surface area contributed by atoms with Crippen molar-refractivity contribution in [2.24, 2.45) is 0 Å². The van der Waals surface area contributed by atoms with Gasteiger partial charge in [-0.25, -0.2) is 4.79 Å². The standard InChI is InChI=1S/C15H29N3O3/c1-5-17-9-6-7-12(11-17)16-14(21)18(15(2,3)4)10-8-13(19)20/h12H,5-11H2,1-4H3,(H,16,21)(H,19,20). The van der Waals surface area contributed by atoms with Gasteiger partial charge in [-0.2, -0.15) is 0 Å². The van der Waals surface area contributed by atoms with E-state index in [9.17, 15) is 9.59 Å². The van der Waals surface area contributed by atoms with E-state index in [1.807, 2.05) is 20.8 Å². The molecule has 1 saturated heterocycles. The van der Waals surface area contributed by atoms with Gasteiger partial charge in [-0.3, -0.25) is 4.79 Å². The van der Waals surface area contributed by atoms with Crippen molar-refractivity contribution in [1.82, 2.24) is 15.1 Å². The molecule has 0 spiro atoms. The summed E-state index contributed by atoms with van der Waals surface area (Å²) in [6.07, 6.45) is 2.04. The Bertz CT molecular complexity index is 366. The number of likely N-dealkylation sites (N-methyl/N-ethyl adjacent to an activating group) is 1.